The maximum Gasteiger partial charge on any atom is 0.227 e. The number of aryl methyl sites for hydroxylation is 2. The largest absolute Gasteiger partial charge is 0.374 e. The summed E-state index contributed by atoms with van der Waals surface area (Å²) in [6.45, 7) is 6.73. The first-order valence-corrected chi connectivity index (χ1v) is 11.1. The topological polar surface area (TPSA) is 74.8 Å². The molecule has 0 atom stereocenters. The molecular formula is C24H26N6S. The van der Waals surface area contributed by atoms with E-state index >= 15 is 0 Å². The predicted molar refractivity (Wildman–Crippen MR) is 129 cm³/mol. The molecule has 4 rings (SSSR count). The number of rotatable bonds is 9. The number of thiazole rings is 1. The third-order valence-electron chi connectivity index (χ3n) is 4.63. The van der Waals surface area contributed by atoms with Gasteiger partial charge in [0.2, 0.25) is 5.95 Å². The molecule has 0 aliphatic rings. The lowest BCUT2D eigenvalue weighted by molar-refractivity contribution is 0.707. The van der Waals surface area contributed by atoms with Crippen molar-refractivity contribution >= 4 is 28.0 Å². The van der Waals surface area contributed by atoms with Gasteiger partial charge in [-0.25, -0.2) is 15.0 Å². The number of aromatic nitrogens is 3. The second kappa shape index (κ2) is 10.1. The Morgan fingerprint density at radius 1 is 0.903 bits per heavy atom. The molecule has 0 amide bonds. The standard InChI is InChI=1S/C24H26N6S/c1-17-12-18(2)14-20(13-17)29-24-27-9-8-21(30-24)23-28-16-22(31-23)26-11-10-25-15-19-6-4-3-5-7-19/h3-9,12-14,16,25-26H,10-11,15H2,1-2H3,(H,27,29,30). The van der Waals surface area contributed by atoms with Gasteiger partial charge in [0.15, 0.2) is 0 Å². The third-order valence-corrected chi connectivity index (χ3v) is 5.61. The van der Waals surface area contributed by atoms with Crippen LogP contribution in [0.2, 0.25) is 0 Å². The molecule has 0 radical (unpaired) electrons. The first-order valence-electron chi connectivity index (χ1n) is 10.3. The van der Waals surface area contributed by atoms with Crippen molar-refractivity contribution in [3.8, 4) is 10.7 Å². The van der Waals surface area contributed by atoms with Crippen LogP contribution in [0.4, 0.5) is 16.6 Å². The molecule has 0 fully saturated rings. The Bertz CT molecular complexity index is 1110. The zero-order chi connectivity index (χ0) is 21.5. The van der Waals surface area contributed by atoms with Crippen LogP contribution in [0, 0.1) is 13.8 Å². The lowest BCUT2D eigenvalue weighted by Crippen LogP contribution is -2.21. The van der Waals surface area contributed by atoms with Crippen molar-refractivity contribution in [3.63, 3.8) is 0 Å². The number of hydrogen-bond donors (Lipinski definition) is 3. The molecule has 0 unspecified atom stereocenters. The van der Waals surface area contributed by atoms with Gasteiger partial charge in [-0.15, -0.1) is 0 Å². The minimum atomic E-state index is 0.567. The van der Waals surface area contributed by atoms with E-state index in [4.69, 9.17) is 0 Å². The molecule has 2 heterocycles. The van der Waals surface area contributed by atoms with Crippen molar-refractivity contribution in [1.82, 2.24) is 20.3 Å². The normalized spacial score (nSPS) is 10.8. The third kappa shape index (κ3) is 6.10. The van der Waals surface area contributed by atoms with E-state index < -0.39 is 0 Å². The highest BCUT2D eigenvalue weighted by Gasteiger charge is 2.08. The molecule has 0 aliphatic heterocycles. The van der Waals surface area contributed by atoms with Crippen molar-refractivity contribution in [2.24, 2.45) is 0 Å². The van der Waals surface area contributed by atoms with Gasteiger partial charge in [0, 0.05) is 31.5 Å². The van der Waals surface area contributed by atoms with E-state index in [0.717, 1.165) is 41.0 Å². The van der Waals surface area contributed by atoms with Crippen LogP contribution in [0.15, 0.2) is 67.0 Å². The first kappa shape index (κ1) is 21.0. The number of nitrogens with zero attached hydrogens (tertiary/aromatic N) is 3. The van der Waals surface area contributed by atoms with Gasteiger partial charge >= 0.3 is 0 Å². The highest BCUT2D eigenvalue weighted by atomic mass is 32.1. The van der Waals surface area contributed by atoms with Crippen LogP contribution < -0.4 is 16.0 Å². The van der Waals surface area contributed by atoms with Gasteiger partial charge in [-0.3, -0.25) is 0 Å². The van der Waals surface area contributed by atoms with Gasteiger partial charge in [0.05, 0.1) is 6.20 Å². The SMILES string of the molecule is Cc1cc(C)cc(Nc2nccc(-c3ncc(NCCNCc4ccccc4)s3)n2)c1. The van der Waals surface area contributed by atoms with Gasteiger partial charge in [-0.1, -0.05) is 47.7 Å². The molecule has 7 heteroatoms. The Balaban J connectivity index is 1.31. The van der Waals surface area contributed by atoms with Crippen LogP contribution in [-0.4, -0.2) is 28.0 Å². The summed E-state index contributed by atoms with van der Waals surface area (Å²) in [6, 6.07) is 18.6. The van der Waals surface area contributed by atoms with Gasteiger partial charge in [-0.2, -0.15) is 0 Å². The molecule has 2 aromatic heterocycles. The molecule has 158 valence electrons. The minimum Gasteiger partial charge on any atom is -0.374 e. The van der Waals surface area contributed by atoms with Crippen molar-refractivity contribution in [2.75, 3.05) is 23.7 Å². The summed E-state index contributed by atoms with van der Waals surface area (Å²) in [6.07, 6.45) is 3.62. The van der Waals surface area contributed by atoms with E-state index in [0.29, 0.717) is 5.95 Å². The molecule has 0 bridgehead atoms. The van der Waals surface area contributed by atoms with Crippen LogP contribution in [-0.2, 0) is 6.54 Å². The summed E-state index contributed by atoms with van der Waals surface area (Å²) in [5, 5.41) is 12.1. The Morgan fingerprint density at radius 3 is 2.52 bits per heavy atom. The number of anilines is 3. The molecule has 3 N–H and O–H groups in total. The zero-order valence-electron chi connectivity index (χ0n) is 17.7. The van der Waals surface area contributed by atoms with Crippen LogP contribution in [0.1, 0.15) is 16.7 Å². The van der Waals surface area contributed by atoms with Gasteiger partial charge in [0.1, 0.15) is 15.7 Å². The Morgan fingerprint density at radius 2 is 1.71 bits per heavy atom. The smallest absolute Gasteiger partial charge is 0.227 e. The summed E-state index contributed by atoms with van der Waals surface area (Å²) in [5.74, 6) is 0.567. The van der Waals surface area contributed by atoms with Gasteiger partial charge in [-0.05, 0) is 48.7 Å². The maximum absolute atomic E-state index is 4.64. The average Bonchev–Trinajstić information content (AvgIpc) is 3.23. The second-order valence-electron chi connectivity index (χ2n) is 7.39. The molecule has 4 aromatic rings. The summed E-state index contributed by atoms with van der Waals surface area (Å²) >= 11 is 1.59. The molecule has 0 spiro atoms. The molecule has 31 heavy (non-hydrogen) atoms. The molecule has 0 aliphatic carbocycles. The summed E-state index contributed by atoms with van der Waals surface area (Å²) in [5.41, 5.74) is 5.48. The average molecular weight is 431 g/mol. The summed E-state index contributed by atoms with van der Waals surface area (Å²) in [4.78, 5) is 13.5. The van der Waals surface area contributed by atoms with Crippen LogP contribution >= 0.6 is 11.3 Å². The van der Waals surface area contributed by atoms with E-state index in [1.165, 1.54) is 16.7 Å². The fourth-order valence-electron chi connectivity index (χ4n) is 3.29. The number of hydrogen-bond acceptors (Lipinski definition) is 7. The highest BCUT2D eigenvalue weighted by Crippen LogP contribution is 2.27. The van der Waals surface area contributed by atoms with E-state index in [1.54, 1.807) is 17.5 Å². The van der Waals surface area contributed by atoms with Crippen molar-refractivity contribution in [2.45, 2.75) is 20.4 Å². The van der Waals surface area contributed by atoms with E-state index in [9.17, 15) is 0 Å². The molecule has 0 saturated carbocycles. The van der Waals surface area contributed by atoms with E-state index in [1.807, 2.05) is 18.3 Å². The molecule has 6 nitrogen and oxygen atoms in total. The highest BCUT2D eigenvalue weighted by molar-refractivity contribution is 7.18. The van der Waals surface area contributed by atoms with Gasteiger partial charge < -0.3 is 16.0 Å². The van der Waals surface area contributed by atoms with Crippen LogP contribution in [0.3, 0.4) is 0 Å². The van der Waals surface area contributed by atoms with Gasteiger partial charge in [0.25, 0.3) is 0 Å². The Hall–Kier alpha value is -3.29. The lowest BCUT2D eigenvalue weighted by atomic mass is 10.1. The number of nitrogens with one attached hydrogen (secondary N) is 3. The predicted octanol–water partition coefficient (Wildman–Crippen LogP) is 5.16. The second-order valence-corrected chi connectivity index (χ2v) is 8.42. The number of benzene rings is 2. The van der Waals surface area contributed by atoms with Crippen LogP contribution in [0.25, 0.3) is 10.7 Å². The van der Waals surface area contributed by atoms with E-state index in [2.05, 4.69) is 87.2 Å². The Kier molecular flexibility index (Phi) is 6.86. The molecule has 0 saturated heterocycles. The fraction of sp³-hybridized carbons (Fsp3) is 0.208. The maximum atomic E-state index is 4.64. The quantitative estimate of drug-likeness (QED) is 0.318. The van der Waals surface area contributed by atoms with Crippen LogP contribution in [0.5, 0.6) is 0 Å². The van der Waals surface area contributed by atoms with Crippen molar-refractivity contribution < 1.29 is 0 Å². The minimum absolute atomic E-state index is 0.567. The monoisotopic (exact) mass is 430 g/mol. The summed E-state index contributed by atoms with van der Waals surface area (Å²) in [7, 11) is 0. The fourth-order valence-corrected chi connectivity index (χ4v) is 4.10. The Labute approximate surface area is 186 Å². The van der Waals surface area contributed by atoms with E-state index in [-0.39, 0.29) is 0 Å². The lowest BCUT2D eigenvalue weighted by Gasteiger charge is -2.08. The molecular weight excluding hydrogens is 404 g/mol. The first-order chi connectivity index (χ1) is 15.2. The zero-order valence-corrected chi connectivity index (χ0v) is 18.5. The summed E-state index contributed by atoms with van der Waals surface area (Å²) < 4.78 is 0. The van der Waals surface area contributed by atoms with Crippen molar-refractivity contribution in [3.05, 3.63) is 83.7 Å². The molecule has 2 aromatic carbocycles. The van der Waals surface area contributed by atoms with Crippen molar-refractivity contribution in [1.29, 1.82) is 0 Å².